The molecule has 230 valence electrons. The van der Waals surface area contributed by atoms with Crippen LogP contribution >= 0.6 is 0 Å². The fourth-order valence-electron chi connectivity index (χ4n) is 6.89. The molecule has 2 fully saturated rings. The Balaban J connectivity index is 0.991. The molecule has 7 rings (SSSR count). The summed E-state index contributed by atoms with van der Waals surface area (Å²) >= 11 is 0. The van der Waals surface area contributed by atoms with Crippen LogP contribution in [0.15, 0.2) is 79.0 Å². The summed E-state index contributed by atoms with van der Waals surface area (Å²) < 4.78 is 0. The maximum absolute atomic E-state index is 13.1. The number of imidazole rings is 1. The number of nitrogens with zero attached hydrogens (tertiary/aromatic N) is 4. The lowest BCUT2D eigenvalue weighted by Crippen LogP contribution is -2.31. The molecule has 45 heavy (non-hydrogen) atoms. The van der Waals surface area contributed by atoms with Crippen molar-refractivity contribution in [1.82, 2.24) is 24.8 Å². The number of benzene rings is 3. The molecule has 1 atom stereocenters. The number of phenolic OH excluding ortho intramolecular Hbond substituents is 1. The Bertz CT molecular complexity index is 1850. The van der Waals surface area contributed by atoms with Crippen molar-refractivity contribution in [2.45, 2.75) is 26.2 Å². The second kappa shape index (κ2) is 12.0. The Kier molecular flexibility index (Phi) is 7.73. The molecule has 1 unspecified atom stereocenters. The normalized spacial score (nSPS) is 18.7. The predicted molar refractivity (Wildman–Crippen MR) is 176 cm³/mol. The van der Waals surface area contributed by atoms with E-state index in [2.05, 4.69) is 49.1 Å². The summed E-state index contributed by atoms with van der Waals surface area (Å²) in [5.41, 5.74) is 6.08. The van der Waals surface area contributed by atoms with Gasteiger partial charge < -0.3 is 30.3 Å². The average molecular weight is 603 g/mol. The van der Waals surface area contributed by atoms with Crippen molar-refractivity contribution in [1.29, 1.82) is 0 Å². The van der Waals surface area contributed by atoms with Gasteiger partial charge in [-0.1, -0.05) is 25.1 Å². The molecule has 0 bridgehead atoms. The van der Waals surface area contributed by atoms with Crippen molar-refractivity contribution in [2.75, 3.05) is 44.6 Å². The van der Waals surface area contributed by atoms with Crippen LogP contribution in [0.1, 0.15) is 35.7 Å². The molecule has 2 saturated heterocycles. The molecule has 2 aromatic heterocycles. The van der Waals surface area contributed by atoms with E-state index in [0.717, 1.165) is 25.2 Å². The van der Waals surface area contributed by atoms with E-state index in [4.69, 9.17) is 0 Å². The SMILES string of the molecule is CCN1CCC2(CCN(CCc3ccc(NC(=O)c4ccc5nc(-c6cc(-c7cccnc7O)ccc6O)[nH]c5c4)cc3)C2)C1. The highest BCUT2D eigenvalue weighted by Crippen LogP contribution is 2.39. The minimum atomic E-state index is -0.210. The zero-order chi connectivity index (χ0) is 31.0. The molecule has 4 N–H and O–H groups in total. The van der Waals surface area contributed by atoms with Crippen LogP contribution in [0.3, 0.4) is 0 Å². The zero-order valence-corrected chi connectivity index (χ0v) is 25.5. The lowest BCUT2D eigenvalue weighted by atomic mass is 9.86. The van der Waals surface area contributed by atoms with E-state index in [1.54, 1.807) is 48.5 Å². The van der Waals surface area contributed by atoms with Crippen LogP contribution in [0.25, 0.3) is 33.5 Å². The molecule has 1 amide bonds. The Hall–Kier alpha value is -4.73. The molecule has 0 saturated carbocycles. The van der Waals surface area contributed by atoms with Crippen molar-refractivity contribution in [3.8, 4) is 34.1 Å². The van der Waals surface area contributed by atoms with Crippen LogP contribution in [0, 0.1) is 5.41 Å². The number of aromatic amines is 1. The maximum Gasteiger partial charge on any atom is 0.255 e. The number of pyridine rings is 1. The van der Waals surface area contributed by atoms with Gasteiger partial charge in [0.15, 0.2) is 0 Å². The number of rotatable bonds is 8. The van der Waals surface area contributed by atoms with Gasteiger partial charge in [-0.15, -0.1) is 0 Å². The summed E-state index contributed by atoms with van der Waals surface area (Å²) in [4.78, 5) is 30.2. The van der Waals surface area contributed by atoms with Crippen molar-refractivity contribution in [3.63, 3.8) is 0 Å². The van der Waals surface area contributed by atoms with Crippen LogP contribution in [-0.2, 0) is 6.42 Å². The second-order valence-corrected chi connectivity index (χ2v) is 12.5. The lowest BCUT2D eigenvalue weighted by Gasteiger charge is -2.24. The van der Waals surface area contributed by atoms with Gasteiger partial charge in [0, 0.05) is 42.6 Å². The number of hydrogen-bond donors (Lipinski definition) is 4. The number of hydrogen-bond acceptors (Lipinski definition) is 7. The molecule has 5 aromatic rings. The molecule has 1 spiro atoms. The van der Waals surface area contributed by atoms with E-state index in [-0.39, 0.29) is 17.5 Å². The van der Waals surface area contributed by atoms with Crippen molar-refractivity contribution < 1.29 is 15.0 Å². The average Bonchev–Trinajstić information content (AvgIpc) is 3.79. The Morgan fingerprint density at radius 3 is 2.53 bits per heavy atom. The fourth-order valence-corrected chi connectivity index (χ4v) is 6.89. The van der Waals surface area contributed by atoms with Gasteiger partial charge in [-0.05, 0) is 110 Å². The fraction of sp³-hybridized carbons (Fsp3) is 0.306. The standard InChI is InChI=1S/C36H38N6O3/c1-2-41-18-14-36(22-41)15-19-42(23-36)17-13-24-5-9-27(10-6-24)38-34(44)26-7-11-30-31(21-26)40-33(39-30)29-20-25(8-12-32(29)43)28-4-3-16-37-35(28)45/h3-12,16,20-21,43H,2,13-15,17-19,22-23H2,1H3,(H,37,45)(H,38,44)(H,39,40). The highest BCUT2D eigenvalue weighted by Gasteiger charge is 2.42. The highest BCUT2D eigenvalue weighted by atomic mass is 16.3. The number of aromatic hydroxyl groups is 2. The third kappa shape index (κ3) is 6.01. The van der Waals surface area contributed by atoms with Crippen LogP contribution < -0.4 is 5.32 Å². The molecule has 4 heterocycles. The number of carbonyl (C=O) groups excluding carboxylic acids is 1. The maximum atomic E-state index is 13.1. The van der Waals surface area contributed by atoms with Crippen LogP contribution in [0.4, 0.5) is 5.69 Å². The Morgan fingerprint density at radius 2 is 1.76 bits per heavy atom. The Morgan fingerprint density at radius 1 is 0.956 bits per heavy atom. The third-order valence-corrected chi connectivity index (χ3v) is 9.50. The largest absolute Gasteiger partial charge is 0.507 e. The summed E-state index contributed by atoms with van der Waals surface area (Å²) in [6.07, 6.45) is 5.16. The van der Waals surface area contributed by atoms with Crippen molar-refractivity contribution in [2.24, 2.45) is 5.41 Å². The predicted octanol–water partition coefficient (Wildman–Crippen LogP) is 5.92. The highest BCUT2D eigenvalue weighted by molar-refractivity contribution is 6.06. The number of carbonyl (C=O) groups is 1. The smallest absolute Gasteiger partial charge is 0.255 e. The van der Waals surface area contributed by atoms with E-state index in [9.17, 15) is 15.0 Å². The van der Waals surface area contributed by atoms with Gasteiger partial charge in [-0.2, -0.15) is 0 Å². The van der Waals surface area contributed by atoms with E-state index >= 15 is 0 Å². The lowest BCUT2D eigenvalue weighted by molar-refractivity contribution is 0.102. The van der Waals surface area contributed by atoms with Crippen molar-refractivity contribution >= 4 is 22.6 Å². The van der Waals surface area contributed by atoms with Crippen LogP contribution in [0.2, 0.25) is 0 Å². The van der Waals surface area contributed by atoms with Gasteiger partial charge in [0.05, 0.1) is 16.6 Å². The minimum Gasteiger partial charge on any atom is -0.507 e. The summed E-state index contributed by atoms with van der Waals surface area (Å²) in [5, 5.41) is 23.8. The number of amides is 1. The van der Waals surface area contributed by atoms with Gasteiger partial charge in [0.1, 0.15) is 11.6 Å². The molecule has 0 aliphatic carbocycles. The molecule has 2 aliphatic rings. The minimum absolute atomic E-state index is 0.0454. The zero-order valence-electron chi connectivity index (χ0n) is 25.5. The number of nitrogens with one attached hydrogen (secondary N) is 2. The number of aromatic nitrogens is 3. The van der Waals surface area contributed by atoms with Gasteiger partial charge in [-0.25, -0.2) is 9.97 Å². The van der Waals surface area contributed by atoms with Crippen molar-refractivity contribution in [3.05, 3.63) is 90.1 Å². The first kappa shape index (κ1) is 29.0. The molecule has 9 nitrogen and oxygen atoms in total. The molecular formula is C36H38N6O3. The summed E-state index contributed by atoms with van der Waals surface area (Å²) in [6.45, 7) is 9.39. The number of likely N-dealkylation sites (tertiary alicyclic amines) is 2. The van der Waals surface area contributed by atoms with Crippen LogP contribution in [-0.4, -0.2) is 80.1 Å². The van der Waals surface area contributed by atoms with E-state index < -0.39 is 0 Å². The molecule has 3 aromatic carbocycles. The number of anilines is 1. The summed E-state index contributed by atoms with van der Waals surface area (Å²) in [6, 6.07) is 22.0. The molecule has 0 radical (unpaired) electrons. The topological polar surface area (TPSA) is 118 Å². The third-order valence-electron chi connectivity index (χ3n) is 9.50. The first-order valence-electron chi connectivity index (χ1n) is 15.7. The quantitative estimate of drug-likeness (QED) is 0.174. The van der Waals surface area contributed by atoms with E-state index in [0.29, 0.717) is 44.5 Å². The molecular weight excluding hydrogens is 564 g/mol. The number of fused-ring (bicyclic) bond motifs is 1. The van der Waals surface area contributed by atoms with E-state index in [1.807, 2.05) is 12.1 Å². The summed E-state index contributed by atoms with van der Waals surface area (Å²) in [5.74, 6) is 0.199. The number of phenols is 1. The van der Waals surface area contributed by atoms with Gasteiger partial charge in [-0.3, -0.25) is 4.79 Å². The van der Waals surface area contributed by atoms with Crippen LogP contribution in [0.5, 0.6) is 11.6 Å². The van der Waals surface area contributed by atoms with Gasteiger partial charge >= 0.3 is 0 Å². The molecule has 9 heteroatoms. The van der Waals surface area contributed by atoms with E-state index in [1.165, 1.54) is 50.8 Å². The van der Waals surface area contributed by atoms with Gasteiger partial charge in [0.25, 0.3) is 5.91 Å². The van der Waals surface area contributed by atoms with Gasteiger partial charge in [0.2, 0.25) is 5.88 Å². The summed E-state index contributed by atoms with van der Waals surface area (Å²) in [7, 11) is 0. The second-order valence-electron chi connectivity index (χ2n) is 12.5. The number of H-pyrrole nitrogens is 1. The first-order chi connectivity index (χ1) is 21.9. The first-order valence-corrected chi connectivity index (χ1v) is 15.7. The Labute approximate surface area is 262 Å². The molecule has 2 aliphatic heterocycles. The monoisotopic (exact) mass is 602 g/mol.